The lowest BCUT2D eigenvalue weighted by Crippen LogP contribution is -2.45. The van der Waals surface area contributed by atoms with E-state index in [-0.39, 0.29) is 18.0 Å². The standard InChI is InChI=1S/C21H29N5O.C2H6/c1-6-14-10-11-22-17(12-14)19-23-16-9-7-8-15(16)20(24-19)26(5)13-18(27)25-21(2,3)4;1-2/h10-12H,6-9,13H2,1-5H3,(H,25,27);1-2H3. The van der Waals surface area contributed by atoms with Crippen LogP contribution in [0.25, 0.3) is 11.5 Å². The van der Waals surface area contributed by atoms with E-state index in [1.165, 1.54) is 5.56 Å². The summed E-state index contributed by atoms with van der Waals surface area (Å²) in [6, 6.07) is 4.06. The monoisotopic (exact) mass is 397 g/mol. The highest BCUT2D eigenvalue weighted by molar-refractivity contribution is 5.82. The maximum Gasteiger partial charge on any atom is 0.239 e. The average molecular weight is 398 g/mol. The molecule has 3 rings (SSSR count). The zero-order valence-corrected chi connectivity index (χ0v) is 19.0. The Labute approximate surface area is 175 Å². The van der Waals surface area contributed by atoms with Gasteiger partial charge in [0.1, 0.15) is 11.5 Å². The summed E-state index contributed by atoms with van der Waals surface area (Å²) in [5.74, 6) is 1.48. The lowest BCUT2D eigenvalue weighted by Gasteiger charge is -2.25. The lowest BCUT2D eigenvalue weighted by molar-refractivity contribution is -0.121. The fourth-order valence-corrected chi connectivity index (χ4v) is 3.41. The molecule has 0 bridgehead atoms. The van der Waals surface area contributed by atoms with Crippen LogP contribution in [0.15, 0.2) is 18.3 Å². The minimum absolute atomic E-state index is 0.0111. The Kier molecular flexibility index (Phi) is 7.71. The van der Waals surface area contributed by atoms with Crippen molar-refractivity contribution in [2.45, 2.75) is 72.8 Å². The van der Waals surface area contributed by atoms with E-state index in [1.807, 2.05) is 64.9 Å². The van der Waals surface area contributed by atoms with Crippen LogP contribution in [-0.4, -0.2) is 40.0 Å². The fraction of sp³-hybridized carbons (Fsp3) is 0.565. The second-order valence-corrected chi connectivity index (χ2v) is 8.21. The molecule has 2 aromatic heterocycles. The summed E-state index contributed by atoms with van der Waals surface area (Å²) in [5.41, 5.74) is 4.00. The van der Waals surface area contributed by atoms with Gasteiger partial charge >= 0.3 is 0 Å². The van der Waals surface area contributed by atoms with E-state index in [1.54, 1.807) is 0 Å². The molecule has 1 amide bonds. The number of rotatable bonds is 5. The zero-order valence-electron chi connectivity index (χ0n) is 19.0. The average Bonchev–Trinajstić information content (AvgIpc) is 3.15. The summed E-state index contributed by atoms with van der Waals surface area (Å²) in [6.07, 6.45) is 5.74. The molecular formula is C23H35N5O. The molecule has 0 saturated heterocycles. The van der Waals surface area contributed by atoms with Crippen molar-refractivity contribution in [3.63, 3.8) is 0 Å². The molecule has 0 radical (unpaired) electrons. The molecule has 0 atom stereocenters. The van der Waals surface area contributed by atoms with E-state index in [4.69, 9.17) is 9.97 Å². The van der Waals surface area contributed by atoms with Crippen molar-refractivity contribution in [3.05, 3.63) is 35.2 Å². The Morgan fingerprint density at radius 2 is 1.93 bits per heavy atom. The zero-order chi connectivity index (χ0) is 21.6. The minimum atomic E-state index is -0.249. The Hall–Kier alpha value is -2.50. The number of amides is 1. The predicted octanol–water partition coefficient (Wildman–Crippen LogP) is 3.97. The van der Waals surface area contributed by atoms with Crippen molar-refractivity contribution >= 4 is 11.7 Å². The van der Waals surface area contributed by atoms with Gasteiger partial charge in [-0.3, -0.25) is 9.78 Å². The first-order chi connectivity index (χ1) is 13.8. The van der Waals surface area contributed by atoms with Gasteiger partial charge in [0.05, 0.1) is 6.54 Å². The largest absolute Gasteiger partial charge is 0.350 e. The molecule has 0 unspecified atom stereocenters. The number of hydrogen-bond acceptors (Lipinski definition) is 5. The van der Waals surface area contributed by atoms with Gasteiger partial charge in [0.2, 0.25) is 5.91 Å². The summed E-state index contributed by atoms with van der Waals surface area (Å²) in [7, 11) is 1.92. The van der Waals surface area contributed by atoms with Crippen LogP contribution >= 0.6 is 0 Å². The van der Waals surface area contributed by atoms with Gasteiger partial charge in [-0.2, -0.15) is 0 Å². The number of carbonyl (C=O) groups excluding carboxylic acids is 1. The van der Waals surface area contributed by atoms with E-state index in [0.717, 1.165) is 48.5 Å². The number of aryl methyl sites for hydroxylation is 2. The molecule has 6 nitrogen and oxygen atoms in total. The van der Waals surface area contributed by atoms with Gasteiger partial charge in [0.25, 0.3) is 0 Å². The Bertz CT molecular complexity index is 842. The van der Waals surface area contributed by atoms with E-state index in [0.29, 0.717) is 5.82 Å². The molecule has 1 N–H and O–H groups in total. The van der Waals surface area contributed by atoms with Crippen molar-refractivity contribution in [2.24, 2.45) is 0 Å². The highest BCUT2D eigenvalue weighted by Crippen LogP contribution is 2.30. The van der Waals surface area contributed by atoms with E-state index >= 15 is 0 Å². The highest BCUT2D eigenvalue weighted by atomic mass is 16.2. The summed E-state index contributed by atoms with van der Waals surface area (Å²) in [6.45, 7) is 12.3. The van der Waals surface area contributed by atoms with Crippen LogP contribution in [-0.2, 0) is 24.1 Å². The van der Waals surface area contributed by atoms with E-state index < -0.39 is 0 Å². The molecule has 2 heterocycles. The summed E-state index contributed by atoms with van der Waals surface area (Å²) < 4.78 is 0. The molecule has 2 aromatic rings. The van der Waals surface area contributed by atoms with Crippen LogP contribution in [0.2, 0.25) is 0 Å². The first-order valence-electron chi connectivity index (χ1n) is 10.6. The SMILES string of the molecule is CC.CCc1ccnc(-c2nc3c(c(N(C)CC(=O)NC(C)(C)C)n2)CCC3)c1. The van der Waals surface area contributed by atoms with Crippen molar-refractivity contribution < 1.29 is 4.79 Å². The predicted molar refractivity (Wildman–Crippen MR) is 119 cm³/mol. The number of hydrogen-bond donors (Lipinski definition) is 1. The molecule has 0 aromatic carbocycles. The molecular weight excluding hydrogens is 362 g/mol. The van der Waals surface area contributed by atoms with Crippen LogP contribution in [0.1, 0.15) is 64.8 Å². The van der Waals surface area contributed by atoms with Crippen LogP contribution < -0.4 is 10.2 Å². The topological polar surface area (TPSA) is 71.0 Å². The Morgan fingerprint density at radius 1 is 1.21 bits per heavy atom. The number of aromatic nitrogens is 3. The van der Waals surface area contributed by atoms with Crippen LogP contribution in [0.4, 0.5) is 5.82 Å². The van der Waals surface area contributed by atoms with Crippen LogP contribution in [0, 0.1) is 0 Å². The molecule has 29 heavy (non-hydrogen) atoms. The van der Waals surface area contributed by atoms with Crippen LogP contribution in [0.5, 0.6) is 0 Å². The van der Waals surface area contributed by atoms with Gasteiger partial charge in [0, 0.05) is 30.0 Å². The van der Waals surface area contributed by atoms with Crippen LogP contribution in [0.3, 0.4) is 0 Å². The van der Waals surface area contributed by atoms with Gasteiger partial charge in [-0.05, 0) is 64.2 Å². The molecule has 0 spiro atoms. The van der Waals surface area contributed by atoms with Gasteiger partial charge in [-0.1, -0.05) is 20.8 Å². The third kappa shape index (κ3) is 5.99. The van der Waals surface area contributed by atoms with Gasteiger partial charge in [-0.15, -0.1) is 0 Å². The Morgan fingerprint density at radius 3 is 2.59 bits per heavy atom. The summed E-state index contributed by atoms with van der Waals surface area (Å²) in [4.78, 5) is 28.4. The summed E-state index contributed by atoms with van der Waals surface area (Å²) >= 11 is 0. The molecule has 1 aliphatic carbocycles. The number of nitrogens with zero attached hydrogens (tertiary/aromatic N) is 4. The quantitative estimate of drug-likeness (QED) is 0.827. The smallest absolute Gasteiger partial charge is 0.239 e. The molecule has 0 aliphatic heterocycles. The van der Waals surface area contributed by atoms with E-state index in [2.05, 4.69) is 17.2 Å². The molecule has 1 aliphatic rings. The molecule has 158 valence electrons. The minimum Gasteiger partial charge on any atom is -0.350 e. The number of fused-ring (bicyclic) bond motifs is 1. The second kappa shape index (κ2) is 9.81. The molecule has 0 saturated carbocycles. The fourth-order valence-electron chi connectivity index (χ4n) is 3.41. The maximum atomic E-state index is 12.4. The first-order valence-corrected chi connectivity index (χ1v) is 10.6. The van der Waals surface area contributed by atoms with Crippen molar-refractivity contribution in [1.29, 1.82) is 0 Å². The van der Waals surface area contributed by atoms with Gasteiger partial charge in [0.15, 0.2) is 5.82 Å². The first kappa shape index (κ1) is 22.8. The lowest BCUT2D eigenvalue weighted by atomic mass is 10.1. The Balaban J connectivity index is 0.00000145. The number of anilines is 1. The second-order valence-electron chi connectivity index (χ2n) is 8.21. The third-order valence-electron chi connectivity index (χ3n) is 4.63. The van der Waals surface area contributed by atoms with Gasteiger partial charge in [-0.25, -0.2) is 9.97 Å². The number of likely N-dealkylation sites (N-methyl/N-ethyl adjacent to an activating group) is 1. The number of nitrogens with one attached hydrogen (secondary N) is 1. The summed E-state index contributed by atoms with van der Waals surface area (Å²) in [5, 5.41) is 3.01. The highest BCUT2D eigenvalue weighted by Gasteiger charge is 2.24. The van der Waals surface area contributed by atoms with Crippen molar-refractivity contribution in [1.82, 2.24) is 20.3 Å². The van der Waals surface area contributed by atoms with Crippen molar-refractivity contribution in [3.8, 4) is 11.5 Å². The normalized spacial score (nSPS) is 12.7. The third-order valence-corrected chi connectivity index (χ3v) is 4.63. The number of pyridine rings is 1. The van der Waals surface area contributed by atoms with Gasteiger partial charge < -0.3 is 10.2 Å². The van der Waals surface area contributed by atoms with Crippen molar-refractivity contribution in [2.75, 3.05) is 18.5 Å². The molecule has 6 heteroatoms. The number of carbonyl (C=O) groups is 1. The molecule has 0 fully saturated rings. The maximum absolute atomic E-state index is 12.4. The van der Waals surface area contributed by atoms with E-state index in [9.17, 15) is 4.79 Å².